The first kappa shape index (κ1) is 18.5. The maximum absolute atomic E-state index is 12.9. The molecule has 1 amide bonds. The first-order chi connectivity index (χ1) is 12.5. The third kappa shape index (κ3) is 3.75. The molecule has 3 aromatic rings. The lowest BCUT2D eigenvalue weighted by atomic mass is 10.2. The number of carbonyl (C=O) groups is 1. The summed E-state index contributed by atoms with van der Waals surface area (Å²) in [7, 11) is 1.87. The molecule has 0 aliphatic carbocycles. The van der Waals surface area contributed by atoms with Crippen molar-refractivity contribution in [1.29, 1.82) is 0 Å². The maximum atomic E-state index is 12.9. The maximum Gasteiger partial charge on any atom is 0.255 e. The summed E-state index contributed by atoms with van der Waals surface area (Å²) in [5.41, 5.74) is 3.53. The van der Waals surface area contributed by atoms with E-state index < -0.39 is 0 Å². The van der Waals surface area contributed by atoms with Crippen LogP contribution >= 0.6 is 11.3 Å². The largest absolute Gasteiger partial charge is 0.467 e. The van der Waals surface area contributed by atoms with Crippen LogP contribution in [0.25, 0.3) is 11.4 Å². The SMILES string of the molecule is CCCCN(C)C(=O)c1cc(-c2csc(C)n2)n(Cc2ccco2)c1C. The number of furan rings is 1. The Morgan fingerprint density at radius 2 is 2.19 bits per heavy atom. The van der Waals surface area contributed by atoms with Crippen LogP contribution in [0.4, 0.5) is 0 Å². The van der Waals surface area contributed by atoms with Gasteiger partial charge in [-0.25, -0.2) is 4.98 Å². The molecule has 0 unspecified atom stereocenters. The molecule has 3 rings (SSSR count). The van der Waals surface area contributed by atoms with E-state index >= 15 is 0 Å². The molecule has 0 bridgehead atoms. The number of aryl methyl sites for hydroxylation is 1. The molecule has 0 aromatic carbocycles. The second-order valence-corrected chi connectivity index (χ2v) is 7.59. The Morgan fingerprint density at radius 3 is 2.81 bits per heavy atom. The number of aromatic nitrogens is 2. The predicted molar refractivity (Wildman–Crippen MR) is 105 cm³/mol. The van der Waals surface area contributed by atoms with Crippen molar-refractivity contribution in [3.05, 3.63) is 51.9 Å². The van der Waals surface area contributed by atoms with Gasteiger partial charge in [0.2, 0.25) is 0 Å². The van der Waals surface area contributed by atoms with Gasteiger partial charge in [0.25, 0.3) is 5.91 Å². The predicted octanol–water partition coefficient (Wildman–Crippen LogP) is 4.74. The number of amides is 1. The first-order valence-electron chi connectivity index (χ1n) is 8.91. The summed E-state index contributed by atoms with van der Waals surface area (Å²) in [6.45, 7) is 7.46. The molecular weight excluding hydrogens is 346 g/mol. The van der Waals surface area contributed by atoms with Crippen LogP contribution in [-0.2, 0) is 6.54 Å². The van der Waals surface area contributed by atoms with Crippen molar-refractivity contribution in [2.24, 2.45) is 0 Å². The number of unbranched alkanes of at least 4 members (excludes halogenated alkanes) is 1. The van der Waals surface area contributed by atoms with E-state index in [1.165, 1.54) is 0 Å². The molecule has 0 aliphatic rings. The molecule has 138 valence electrons. The van der Waals surface area contributed by atoms with Crippen molar-refractivity contribution in [1.82, 2.24) is 14.5 Å². The van der Waals surface area contributed by atoms with E-state index in [-0.39, 0.29) is 5.91 Å². The van der Waals surface area contributed by atoms with Crippen LogP contribution in [0.15, 0.2) is 34.3 Å². The van der Waals surface area contributed by atoms with Gasteiger partial charge in [-0.2, -0.15) is 0 Å². The Morgan fingerprint density at radius 1 is 1.38 bits per heavy atom. The second-order valence-electron chi connectivity index (χ2n) is 6.53. The summed E-state index contributed by atoms with van der Waals surface area (Å²) < 4.78 is 7.64. The molecule has 6 heteroatoms. The summed E-state index contributed by atoms with van der Waals surface area (Å²) >= 11 is 1.61. The number of thiazole rings is 1. The number of hydrogen-bond donors (Lipinski definition) is 0. The van der Waals surface area contributed by atoms with Crippen molar-refractivity contribution in [2.45, 2.75) is 40.2 Å². The topological polar surface area (TPSA) is 51.3 Å². The summed E-state index contributed by atoms with van der Waals surface area (Å²) in [5, 5.41) is 3.05. The Labute approximate surface area is 158 Å². The molecular formula is C20H25N3O2S. The highest BCUT2D eigenvalue weighted by atomic mass is 32.1. The minimum atomic E-state index is 0.0577. The van der Waals surface area contributed by atoms with Crippen LogP contribution in [-0.4, -0.2) is 34.0 Å². The van der Waals surface area contributed by atoms with Gasteiger partial charge in [0, 0.05) is 24.7 Å². The highest BCUT2D eigenvalue weighted by molar-refractivity contribution is 7.09. The summed E-state index contributed by atoms with van der Waals surface area (Å²) in [6.07, 6.45) is 3.75. The lowest BCUT2D eigenvalue weighted by Gasteiger charge is -2.16. The molecule has 0 saturated carbocycles. The Balaban J connectivity index is 2.01. The normalized spacial score (nSPS) is 11.1. The molecule has 0 fully saturated rings. The summed E-state index contributed by atoms with van der Waals surface area (Å²) in [6, 6.07) is 5.80. The quantitative estimate of drug-likeness (QED) is 0.603. The third-order valence-electron chi connectivity index (χ3n) is 4.57. The Bertz CT molecular complexity index is 877. The molecule has 0 saturated heterocycles. The minimum Gasteiger partial charge on any atom is -0.467 e. The van der Waals surface area contributed by atoms with Crippen LogP contribution in [0.5, 0.6) is 0 Å². The lowest BCUT2D eigenvalue weighted by Crippen LogP contribution is -2.28. The van der Waals surface area contributed by atoms with Crippen LogP contribution in [0.3, 0.4) is 0 Å². The molecule has 0 spiro atoms. The van der Waals surface area contributed by atoms with E-state index in [0.717, 1.165) is 52.8 Å². The van der Waals surface area contributed by atoms with Crippen molar-refractivity contribution in [3.63, 3.8) is 0 Å². The lowest BCUT2D eigenvalue weighted by molar-refractivity contribution is 0.0792. The standard InChI is InChI=1S/C20H25N3O2S/c1-5-6-9-22(4)20(24)17-11-19(18-13-26-15(3)21-18)23(14(17)2)12-16-8-7-10-25-16/h7-8,10-11,13H,5-6,9,12H2,1-4H3. The van der Waals surface area contributed by atoms with E-state index in [4.69, 9.17) is 4.42 Å². The number of hydrogen-bond acceptors (Lipinski definition) is 4. The van der Waals surface area contributed by atoms with Gasteiger partial charge in [0.05, 0.1) is 34.8 Å². The number of rotatable bonds is 7. The zero-order chi connectivity index (χ0) is 18.7. The minimum absolute atomic E-state index is 0.0577. The fourth-order valence-corrected chi connectivity index (χ4v) is 3.63. The monoisotopic (exact) mass is 371 g/mol. The molecule has 26 heavy (non-hydrogen) atoms. The zero-order valence-corrected chi connectivity index (χ0v) is 16.6. The van der Waals surface area contributed by atoms with Crippen molar-refractivity contribution in [2.75, 3.05) is 13.6 Å². The molecule has 0 aliphatic heterocycles. The van der Waals surface area contributed by atoms with Crippen molar-refractivity contribution in [3.8, 4) is 11.4 Å². The second kappa shape index (κ2) is 7.91. The van der Waals surface area contributed by atoms with E-state index in [1.54, 1.807) is 22.5 Å². The van der Waals surface area contributed by atoms with Gasteiger partial charge < -0.3 is 13.9 Å². The van der Waals surface area contributed by atoms with E-state index in [9.17, 15) is 4.79 Å². The van der Waals surface area contributed by atoms with Gasteiger partial charge in [0.15, 0.2) is 0 Å². The van der Waals surface area contributed by atoms with Gasteiger partial charge in [0.1, 0.15) is 5.76 Å². The van der Waals surface area contributed by atoms with Gasteiger partial charge >= 0.3 is 0 Å². The van der Waals surface area contributed by atoms with Crippen LogP contribution < -0.4 is 0 Å². The van der Waals surface area contributed by atoms with Crippen LogP contribution in [0.1, 0.15) is 46.6 Å². The highest BCUT2D eigenvalue weighted by Crippen LogP contribution is 2.29. The molecule has 3 aromatic heterocycles. The molecule has 0 radical (unpaired) electrons. The highest BCUT2D eigenvalue weighted by Gasteiger charge is 2.22. The fraction of sp³-hybridized carbons (Fsp3) is 0.400. The van der Waals surface area contributed by atoms with E-state index in [2.05, 4.69) is 16.5 Å². The van der Waals surface area contributed by atoms with E-state index in [0.29, 0.717) is 6.54 Å². The average molecular weight is 372 g/mol. The number of carbonyl (C=O) groups excluding carboxylic acids is 1. The van der Waals surface area contributed by atoms with Crippen LogP contribution in [0, 0.1) is 13.8 Å². The molecule has 0 atom stereocenters. The van der Waals surface area contributed by atoms with Gasteiger partial charge in [-0.05, 0) is 38.5 Å². The summed E-state index contributed by atoms with van der Waals surface area (Å²) in [4.78, 5) is 19.4. The average Bonchev–Trinajstić information content (AvgIpc) is 3.35. The number of nitrogens with zero attached hydrogens (tertiary/aromatic N) is 3. The Hall–Kier alpha value is -2.34. The van der Waals surface area contributed by atoms with E-state index in [1.807, 2.05) is 44.5 Å². The Kier molecular flexibility index (Phi) is 5.61. The first-order valence-corrected chi connectivity index (χ1v) is 9.79. The van der Waals surface area contributed by atoms with Gasteiger partial charge in [-0.1, -0.05) is 13.3 Å². The summed E-state index contributed by atoms with van der Waals surface area (Å²) in [5.74, 6) is 0.914. The fourth-order valence-electron chi connectivity index (χ4n) is 3.02. The van der Waals surface area contributed by atoms with Crippen LogP contribution in [0.2, 0.25) is 0 Å². The van der Waals surface area contributed by atoms with Crippen molar-refractivity contribution >= 4 is 17.2 Å². The molecule has 5 nitrogen and oxygen atoms in total. The van der Waals surface area contributed by atoms with Gasteiger partial charge in [-0.15, -0.1) is 11.3 Å². The van der Waals surface area contributed by atoms with Gasteiger partial charge in [-0.3, -0.25) is 4.79 Å². The molecule has 0 N–H and O–H groups in total. The molecule has 3 heterocycles. The zero-order valence-electron chi connectivity index (χ0n) is 15.8. The smallest absolute Gasteiger partial charge is 0.255 e. The van der Waals surface area contributed by atoms with Crippen molar-refractivity contribution < 1.29 is 9.21 Å². The third-order valence-corrected chi connectivity index (χ3v) is 5.34.